The minimum absolute atomic E-state index is 0.0553. The van der Waals surface area contributed by atoms with E-state index in [2.05, 4.69) is 27.4 Å². The number of rotatable bonds is 7. The maximum absolute atomic E-state index is 12.8. The van der Waals surface area contributed by atoms with E-state index < -0.39 is 12.0 Å². The van der Waals surface area contributed by atoms with Gasteiger partial charge in [-0.25, -0.2) is 9.59 Å². The van der Waals surface area contributed by atoms with Crippen LogP contribution in [0.2, 0.25) is 0 Å². The summed E-state index contributed by atoms with van der Waals surface area (Å²) in [6.45, 7) is 7.23. The van der Waals surface area contributed by atoms with Crippen molar-refractivity contribution in [3.05, 3.63) is 76.5 Å². The number of aryl methyl sites for hydroxylation is 1. The molecule has 8 nitrogen and oxygen atoms in total. The summed E-state index contributed by atoms with van der Waals surface area (Å²) in [5.74, 6) is -0.402. The summed E-state index contributed by atoms with van der Waals surface area (Å²) in [6, 6.07) is 14.7. The maximum atomic E-state index is 12.8. The van der Waals surface area contributed by atoms with Crippen LogP contribution in [0.5, 0.6) is 0 Å². The zero-order chi connectivity index (χ0) is 24.9. The number of nitrogens with zero attached hydrogens (tertiary/aromatic N) is 2. The number of esters is 1. The number of piperazine rings is 1. The van der Waals surface area contributed by atoms with Crippen LogP contribution in [0.3, 0.4) is 0 Å². The van der Waals surface area contributed by atoms with Gasteiger partial charge in [0.05, 0.1) is 18.7 Å². The van der Waals surface area contributed by atoms with E-state index in [4.69, 9.17) is 4.74 Å². The van der Waals surface area contributed by atoms with Crippen molar-refractivity contribution in [3.8, 4) is 0 Å². The Bertz CT molecular complexity index is 1120. The number of hydrogen-bond acceptors (Lipinski definition) is 6. The number of ether oxygens (including phenoxy) is 1. The van der Waals surface area contributed by atoms with Gasteiger partial charge in [0, 0.05) is 49.7 Å². The van der Waals surface area contributed by atoms with Crippen LogP contribution in [0.4, 0.5) is 10.5 Å². The molecule has 1 atom stereocenters. The molecule has 8 heteroatoms. The lowest BCUT2D eigenvalue weighted by atomic mass is 9.94. The van der Waals surface area contributed by atoms with Crippen molar-refractivity contribution in [1.29, 1.82) is 0 Å². The number of ketones is 1. The van der Waals surface area contributed by atoms with Crippen molar-refractivity contribution in [2.45, 2.75) is 26.3 Å². The summed E-state index contributed by atoms with van der Waals surface area (Å²) in [6.07, 6.45) is 0.913. The third kappa shape index (κ3) is 5.54. The van der Waals surface area contributed by atoms with Gasteiger partial charge in [0.25, 0.3) is 0 Å². The number of amides is 2. The van der Waals surface area contributed by atoms with Gasteiger partial charge in [-0.1, -0.05) is 31.2 Å². The van der Waals surface area contributed by atoms with E-state index in [1.807, 2.05) is 48.5 Å². The number of nitrogens with one attached hydrogen (secondary N) is 2. The molecule has 2 aromatic carbocycles. The topological polar surface area (TPSA) is 91.0 Å². The van der Waals surface area contributed by atoms with Crippen LogP contribution < -0.4 is 15.5 Å². The van der Waals surface area contributed by atoms with Crippen molar-refractivity contribution >= 4 is 23.5 Å². The van der Waals surface area contributed by atoms with Gasteiger partial charge in [0.1, 0.15) is 0 Å². The number of carbonyl (C=O) groups is 3. The third-order valence-corrected chi connectivity index (χ3v) is 6.67. The molecule has 2 aliphatic heterocycles. The number of benzene rings is 2. The number of urea groups is 1. The lowest BCUT2D eigenvalue weighted by Crippen LogP contribution is -2.51. The average molecular weight is 477 g/mol. The van der Waals surface area contributed by atoms with Crippen molar-refractivity contribution in [2.24, 2.45) is 0 Å². The first-order valence-electron chi connectivity index (χ1n) is 12.0. The lowest BCUT2D eigenvalue weighted by molar-refractivity contribution is -0.136. The lowest BCUT2D eigenvalue weighted by Gasteiger charge is -2.38. The third-order valence-electron chi connectivity index (χ3n) is 6.67. The predicted octanol–water partition coefficient (Wildman–Crippen LogP) is 3.05. The quantitative estimate of drug-likeness (QED) is 0.472. The summed E-state index contributed by atoms with van der Waals surface area (Å²) in [5, 5.41) is 5.74. The molecule has 2 amide bonds. The number of Topliss-reactive ketones (excluding diaryl/α,β-unsaturated/α-hetero) is 1. The van der Waals surface area contributed by atoms with Gasteiger partial charge in [0.15, 0.2) is 5.78 Å². The largest absolute Gasteiger partial charge is 0.466 e. The predicted molar refractivity (Wildman–Crippen MR) is 134 cm³/mol. The second-order valence-electron chi connectivity index (χ2n) is 8.88. The van der Waals surface area contributed by atoms with Gasteiger partial charge in [-0.15, -0.1) is 0 Å². The molecule has 2 aromatic rings. The Balaban J connectivity index is 1.50. The number of hydrogen-bond donors (Lipinski definition) is 2. The van der Waals surface area contributed by atoms with E-state index in [9.17, 15) is 14.4 Å². The maximum Gasteiger partial charge on any atom is 0.338 e. The van der Waals surface area contributed by atoms with Crippen LogP contribution in [0, 0.1) is 0 Å². The molecule has 1 saturated heterocycles. The highest BCUT2D eigenvalue weighted by atomic mass is 16.5. The van der Waals surface area contributed by atoms with Gasteiger partial charge in [-0.05, 0) is 48.7 Å². The van der Waals surface area contributed by atoms with E-state index in [1.54, 1.807) is 6.92 Å². The van der Waals surface area contributed by atoms with Crippen LogP contribution in [0.25, 0.3) is 0 Å². The van der Waals surface area contributed by atoms with Crippen molar-refractivity contribution in [2.75, 3.05) is 44.7 Å². The molecule has 0 saturated carbocycles. The van der Waals surface area contributed by atoms with E-state index in [1.165, 1.54) is 12.7 Å². The molecule has 2 N–H and O–H groups in total. The van der Waals surface area contributed by atoms with Gasteiger partial charge >= 0.3 is 12.0 Å². The zero-order valence-electron chi connectivity index (χ0n) is 20.5. The normalized spacial score (nSPS) is 18.7. The zero-order valence-corrected chi connectivity index (χ0v) is 20.5. The summed E-state index contributed by atoms with van der Waals surface area (Å²) >= 11 is 0. The average Bonchev–Trinajstić information content (AvgIpc) is 2.88. The van der Waals surface area contributed by atoms with Crippen LogP contribution in [0.15, 0.2) is 59.8 Å². The van der Waals surface area contributed by atoms with Gasteiger partial charge < -0.3 is 20.3 Å². The minimum atomic E-state index is -0.571. The Morgan fingerprint density at radius 3 is 2.23 bits per heavy atom. The minimum Gasteiger partial charge on any atom is -0.466 e. The molecule has 0 bridgehead atoms. The highest BCUT2D eigenvalue weighted by molar-refractivity contribution is 5.95. The molecule has 0 unspecified atom stereocenters. The molecule has 4 rings (SSSR count). The second-order valence-corrected chi connectivity index (χ2v) is 8.88. The van der Waals surface area contributed by atoms with Crippen molar-refractivity contribution < 1.29 is 19.1 Å². The van der Waals surface area contributed by atoms with Gasteiger partial charge in [-0.3, -0.25) is 9.69 Å². The van der Waals surface area contributed by atoms with E-state index >= 15 is 0 Å². The molecular formula is C27H32N4O4. The fourth-order valence-corrected chi connectivity index (χ4v) is 4.58. The second kappa shape index (κ2) is 10.7. The Kier molecular flexibility index (Phi) is 7.51. The summed E-state index contributed by atoms with van der Waals surface area (Å²) < 4.78 is 5.10. The smallest absolute Gasteiger partial charge is 0.338 e. The molecule has 0 radical (unpaired) electrons. The van der Waals surface area contributed by atoms with Crippen LogP contribution in [-0.4, -0.2) is 62.5 Å². The molecule has 184 valence electrons. The van der Waals surface area contributed by atoms with Gasteiger partial charge in [0.2, 0.25) is 0 Å². The van der Waals surface area contributed by atoms with Crippen molar-refractivity contribution in [3.63, 3.8) is 0 Å². The first kappa shape index (κ1) is 24.5. The number of carbonyl (C=O) groups excluding carboxylic acids is 3. The van der Waals surface area contributed by atoms with Crippen LogP contribution in [0.1, 0.15) is 41.4 Å². The van der Waals surface area contributed by atoms with E-state index in [0.717, 1.165) is 43.9 Å². The standard InChI is InChI=1S/C27H32N4O4/c1-4-19-5-7-21(8-6-19)25-24(26(33)35-3)23(28-27(34)29-25)17-30-13-15-31(16-14-30)22-11-9-20(10-12-22)18(2)32/h5-12,25H,4,13-17H2,1-3H3,(H2,28,29,34)/t25-/m0/s1. The molecule has 1 fully saturated rings. The van der Waals surface area contributed by atoms with Gasteiger partial charge in [-0.2, -0.15) is 0 Å². The molecular weight excluding hydrogens is 444 g/mol. The number of methoxy groups -OCH3 is 1. The summed E-state index contributed by atoms with van der Waals surface area (Å²) in [5.41, 5.74) is 4.81. The van der Waals surface area contributed by atoms with E-state index in [-0.39, 0.29) is 11.8 Å². The number of anilines is 1. The summed E-state index contributed by atoms with van der Waals surface area (Å²) in [7, 11) is 1.36. The van der Waals surface area contributed by atoms with Crippen LogP contribution in [-0.2, 0) is 16.0 Å². The Morgan fingerprint density at radius 1 is 1.00 bits per heavy atom. The highest BCUT2D eigenvalue weighted by Gasteiger charge is 2.34. The SMILES string of the molecule is CCc1ccc([C@@H]2NC(=O)NC(CN3CCN(c4ccc(C(C)=O)cc4)CC3)=C2C(=O)OC)cc1. The monoisotopic (exact) mass is 476 g/mol. The molecule has 35 heavy (non-hydrogen) atoms. The van der Waals surface area contributed by atoms with Crippen LogP contribution >= 0.6 is 0 Å². The fourth-order valence-electron chi connectivity index (χ4n) is 4.58. The first-order valence-corrected chi connectivity index (χ1v) is 12.0. The fraction of sp³-hybridized carbons (Fsp3) is 0.370. The Morgan fingerprint density at radius 2 is 1.66 bits per heavy atom. The molecule has 2 aliphatic rings. The molecule has 0 aromatic heterocycles. The highest BCUT2D eigenvalue weighted by Crippen LogP contribution is 2.29. The molecule has 2 heterocycles. The first-order chi connectivity index (χ1) is 16.9. The Labute approximate surface area is 205 Å². The van der Waals surface area contributed by atoms with Crippen molar-refractivity contribution in [1.82, 2.24) is 15.5 Å². The van der Waals surface area contributed by atoms with E-state index in [0.29, 0.717) is 23.4 Å². The molecule has 0 aliphatic carbocycles. The summed E-state index contributed by atoms with van der Waals surface area (Å²) in [4.78, 5) is 41.4. The molecule has 0 spiro atoms. The Hall–Kier alpha value is -3.65.